The molecule has 2 aliphatic rings. The van der Waals surface area contributed by atoms with Crippen LogP contribution in [0.3, 0.4) is 0 Å². The normalized spacial score (nSPS) is 31.8. The van der Waals surface area contributed by atoms with Gasteiger partial charge < -0.3 is 15.3 Å². The van der Waals surface area contributed by atoms with Crippen molar-refractivity contribution < 1.29 is 13.9 Å². The third kappa shape index (κ3) is 4.44. The second-order valence-electron chi connectivity index (χ2n) is 5.89. The Hall–Kier alpha value is -0.260. The summed E-state index contributed by atoms with van der Waals surface area (Å²) in [6.45, 7) is 4.37. The molecule has 3 atom stereocenters. The van der Waals surface area contributed by atoms with E-state index in [4.69, 9.17) is 0 Å². The van der Waals surface area contributed by atoms with Gasteiger partial charge in [0.25, 0.3) is 6.43 Å². The predicted molar refractivity (Wildman–Crippen MR) is 66.7 cm³/mol. The number of piperidine rings is 1. The molecule has 1 saturated carbocycles. The van der Waals surface area contributed by atoms with Crippen LogP contribution in [0.2, 0.25) is 0 Å². The molecule has 0 aromatic carbocycles. The molecular formula is C13H24F2N2O. The number of rotatable bonds is 6. The van der Waals surface area contributed by atoms with Gasteiger partial charge in [0, 0.05) is 25.7 Å². The fourth-order valence-electron chi connectivity index (χ4n) is 2.80. The summed E-state index contributed by atoms with van der Waals surface area (Å²) in [5.41, 5.74) is 0. The molecule has 2 fully saturated rings. The van der Waals surface area contributed by atoms with Crippen LogP contribution in [0, 0.1) is 11.8 Å². The lowest BCUT2D eigenvalue weighted by Crippen LogP contribution is -2.52. The molecule has 0 aromatic heterocycles. The number of nitrogens with zero attached hydrogens (tertiary/aromatic N) is 1. The summed E-state index contributed by atoms with van der Waals surface area (Å²) >= 11 is 0. The number of hydrogen-bond acceptors (Lipinski definition) is 3. The van der Waals surface area contributed by atoms with E-state index in [1.165, 1.54) is 12.8 Å². The molecule has 2 N–H and O–H groups in total. The van der Waals surface area contributed by atoms with Gasteiger partial charge in [0.05, 0.1) is 12.6 Å². The minimum Gasteiger partial charge on any atom is -0.393 e. The minimum atomic E-state index is -2.30. The monoisotopic (exact) mass is 262 g/mol. The number of halogens is 2. The molecule has 0 amide bonds. The van der Waals surface area contributed by atoms with Gasteiger partial charge in [-0.2, -0.15) is 0 Å². The molecule has 0 spiro atoms. The molecule has 5 heteroatoms. The highest BCUT2D eigenvalue weighted by molar-refractivity contribution is 4.88. The Morgan fingerprint density at radius 3 is 2.61 bits per heavy atom. The van der Waals surface area contributed by atoms with Crippen molar-refractivity contribution in [3.8, 4) is 0 Å². The Morgan fingerprint density at radius 1 is 1.33 bits per heavy atom. The van der Waals surface area contributed by atoms with Crippen molar-refractivity contribution in [1.82, 2.24) is 10.2 Å². The summed E-state index contributed by atoms with van der Waals surface area (Å²) in [5.74, 6) is 1.00. The second kappa shape index (κ2) is 6.26. The topological polar surface area (TPSA) is 35.5 Å². The van der Waals surface area contributed by atoms with Crippen LogP contribution in [0.4, 0.5) is 8.78 Å². The first-order valence-corrected chi connectivity index (χ1v) is 6.96. The third-order valence-electron chi connectivity index (χ3n) is 4.01. The van der Waals surface area contributed by atoms with Gasteiger partial charge in [-0.1, -0.05) is 0 Å². The second-order valence-corrected chi connectivity index (χ2v) is 5.89. The van der Waals surface area contributed by atoms with Crippen molar-refractivity contribution in [2.75, 3.05) is 26.2 Å². The van der Waals surface area contributed by atoms with Gasteiger partial charge in [0.1, 0.15) is 0 Å². The summed E-state index contributed by atoms with van der Waals surface area (Å²) in [6, 6.07) is 0.0890. The zero-order chi connectivity index (χ0) is 13.1. The Kier molecular flexibility index (Phi) is 4.92. The summed E-state index contributed by atoms with van der Waals surface area (Å²) in [4.78, 5) is 2.34. The molecule has 18 heavy (non-hydrogen) atoms. The molecule has 3 nitrogen and oxygen atoms in total. The number of aliphatic hydroxyl groups is 1. The van der Waals surface area contributed by atoms with Crippen molar-refractivity contribution in [3.63, 3.8) is 0 Å². The average molecular weight is 262 g/mol. The van der Waals surface area contributed by atoms with E-state index in [0.717, 1.165) is 32.0 Å². The van der Waals surface area contributed by atoms with Gasteiger partial charge in [0.2, 0.25) is 0 Å². The summed E-state index contributed by atoms with van der Waals surface area (Å²) in [6.07, 6.45) is 0.735. The fraction of sp³-hybridized carbons (Fsp3) is 1.00. The van der Waals surface area contributed by atoms with Crippen molar-refractivity contribution in [3.05, 3.63) is 0 Å². The molecule has 0 aromatic rings. The molecule has 1 aliphatic carbocycles. The molecule has 1 saturated heterocycles. The van der Waals surface area contributed by atoms with Gasteiger partial charge in [-0.25, -0.2) is 8.78 Å². The van der Waals surface area contributed by atoms with Gasteiger partial charge in [-0.05, 0) is 38.0 Å². The van der Waals surface area contributed by atoms with E-state index in [9.17, 15) is 13.9 Å². The third-order valence-corrected chi connectivity index (χ3v) is 4.01. The number of nitrogens with one attached hydrogen (secondary N) is 1. The van der Waals surface area contributed by atoms with Crippen LogP contribution >= 0.6 is 0 Å². The van der Waals surface area contributed by atoms with E-state index < -0.39 is 6.43 Å². The Morgan fingerprint density at radius 2 is 2.06 bits per heavy atom. The number of hydrogen-bond donors (Lipinski definition) is 2. The van der Waals surface area contributed by atoms with Crippen LogP contribution in [-0.4, -0.2) is 54.8 Å². The van der Waals surface area contributed by atoms with Crippen LogP contribution in [0.5, 0.6) is 0 Å². The standard InChI is InChI=1S/C13H24F2N2O/c1-9(18)11-4-12(16-5-13(14)15)8-17(7-11)6-10-2-3-10/h9-13,16,18H,2-8H2,1H3. The number of alkyl halides is 2. The van der Waals surface area contributed by atoms with E-state index in [2.05, 4.69) is 10.2 Å². The predicted octanol–water partition coefficient (Wildman–Crippen LogP) is 1.32. The lowest BCUT2D eigenvalue weighted by Gasteiger charge is -2.39. The molecule has 3 unspecified atom stereocenters. The molecule has 1 heterocycles. The molecule has 0 bridgehead atoms. The lowest BCUT2D eigenvalue weighted by molar-refractivity contribution is 0.0416. The van der Waals surface area contributed by atoms with Gasteiger partial charge in [-0.15, -0.1) is 0 Å². The van der Waals surface area contributed by atoms with Crippen LogP contribution < -0.4 is 5.32 Å². The van der Waals surface area contributed by atoms with Gasteiger partial charge >= 0.3 is 0 Å². The molecule has 2 rings (SSSR count). The molecular weight excluding hydrogens is 238 g/mol. The SMILES string of the molecule is CC(O)C1CC(NCC(F)F)CN(CC2CC2)C1. The Labute approximate surface area is 108 Å². The maximum absolute atomic E-state index is 12.2. The van der Waals surface area contributed by atoms with Crippen molar-refractivity contribution in [1.29, 1.82) is 0 Å². The summed E-state index contributed by atoms with van der Waals surface area (Å²) in [7, 11) is 0. The fourth-order valence-corrected chi connectivity index (χ4v) is 2.80. The first-order valence-electron chi connectivity index (χ1n) is 6.96. The number of likely N-dealkylation sites (tertiary alicyclic amines) is 1. The van der Waals surface area contributed by atoms with E-state index >= 15 is 0 Å². The zero-order valence-corrected chi connectivity index (χ0v) is 11.0. The summed E-state index contributed by atoms with van der Waals surface area (Å²) < 4.78 is 24.5. The molecule has 106 valence electrons. The van der Waals surface area contributed by atoms with Crippen molar-refractivity contribution >= 4 is 0 Å². The maximum Gasteiger partial charge on any atom is 0.250 e. The van der Waals surface area contributed by atoms with E-state index in [-0.39, 0.29) is 24.6 Å². The zero-order valence-electron chi connectivity index (χ0n) is 11.0. The number of aliphatic hydroxyl groups excluding tert-OH is 1. The smallest absolute Gasteiger partial charge is 0.250 e. The molecule has 1 aliphatic heterocycles. The Bertz CT molecular complexity index is 259. The van der Waals surface area contributed by atoms with Crippen molar-refractivity contribution in [2.45, 2.75) is 44.8 Å². The van der Waals surface area contributed by atoms with E-state index in [1.54, 1.807) is 6.92 Å². The largest absolute Gasteiger partial charge is 0.393 e. The summed E-state index contributed by atoms with van der Waals surface area (Å²) in [5, 5.41) is 12.7. The Balaban J connectivity index is 1.83. The van der Waals surface area contributed by atoms with Crippen LogP contribution in [0.25, 0.3) is 0 Å². The van der Waals surface area contributed by atoms with E-state index in [1.807, 2.05) is 0 Å². The quantitative estimate of drug-likeness (QED) is 0.758. The first kappa shape index (κ1) is 14.2. The van der Waals surface area contributed by atoms with Crippen LogP contribution in [-0.2, 0) is 0 Å². The van der Waals surface area contributed by atoms with Crippen LogP contribution in [0.15, 0.2) is 0 Å². The van der Waals surface area contributed by atoms with Gasteiger partial charge in [0.15, 0.2) is 0 Å². The minimum absolute atomic E-state index is 0.0890. The van der Waals surface area contributed by atoms with E-state index in [0.29, 0.717) is 0 Å². The van der Waals surface area contributed by atoms with Crippen LogP contribution in [0.1, 0.15) is 26.2 Å². The highest BCUT2D eigenvalue weighted by Gasteiger charge is 2.33. The highest BCUT2D eigenvalue weighted by atomic mass is 19.3. The average Bonchev–Trinajstić information content (AvgIpc) is 3.10. The highest BCUT2D eigenvalue weighted by Crippen LogP contribution is 2.31. The maximum atomic E-state index is 12.2. The van der Waals surface area contributed by atoms with Gasteiger partial charge in [-0.3, -0.25) is 0 Å². The van der Waals surface area contributed by atoms with Crippen molar-refractivity contribution in [2.24, 2.45) is 11.8 Å². The first-order chi connectivity index (χ1) is 8.54. The molecule has 0 radical (unpaired) electrons. The lowest BCUT2D eigenvalue weighted by atomic mass is 9.90.